The summed E-state index contributed by atoms with van der Waals surface area (Å²) in [6.45, 7) is 0. The van der Waals surface area contributed by atoms with Crippen LogP contribution in [0, 0.1) is 11.3 Å². The minimum Gasteiger partial charge on any atom is -0.481 e. The number of nitriles is 1. The first kappa shape index (κ1) is 13.5. The number of halogens is 1. The van der Waals surface area contributed by atoms with Crippen LogP contribution >= 0.6 is 0 Å². The van der Waals surface area contributed by atoms with Crippen LogP contribution in [0.5, 0.6) is 11.8 Å². The van der Waals surface area contributed by atoms with E-state index in [1.165, 1.54) is 26.4 Å². The Morgan fingerprint density at radius 2 is 1.89 bits per heavy atom. The van der Waals surface area contributed by atoms with Gasteiger partial charge < -0.3 is 14.6 Å². The van der Waals surface area contributed by atoms with Crippen LogP contribution in [0.1, 0.15) is 25.1 Å². The van der Waals surface area contributed by atoms with Gasteiger partial charge in [0.15, 0.2) is 11.4 Å². The Morgan fingerprint density at radius 1 is 1.32 bits per heavy atom. The summed E-state index contributed by atoms with van der Waals surface area (Å²) in [7, 11) is 2.77. The van der Waals surface area contributed by atoms with Gasteiger partial charge in [0.1, 0.15) is 6.07 Å². The summed E-state index contributed by atoms with van der Waals surface area (Å²) in [6.07, 6.45) is 0.402. The van der Waals surface area contributed by atoms with E-state index < -0.39 is 11.3 Å². The SMILES string of the molecule is COc1cc(OC)nc(C2(O)CCCC2(F)C#N)n1. The number of nitrogens with zero attached hydrogens (tertiary/aromatic N) is 3. The molecule has 1 aliphatic carbocycles. The van der Waals surface area contributed by atoms with Crippen LogP contribution < -0.4 is 9.47 Å². The number of hydrogen-bond donors (Lipinski definition) is 1. The molecule has 2 unspecified atom stereocenters. The van der Waals surface area contributed by atoms with Crippen LogP contribution in [-0.2, 0) is 5.60 Å². The van der Waals surface area contributed by atoms with Crippen LogP contribution in [0.2, 0.25) is 0 Å². The molecule has 0 spiro atoms. The molecule has 2 rings (SSSR count). The van der Waals surface area contributed by atoms with E-state index in [0.717, 1.165) is 0 Å². The maximum atomic E-state index is 14.5. The van der Waals surface area contributed by atoms with E-state index >= 15 is 0 Å². The highest BCUT2D eigenvalue weighted by Gasteiger charge is 2.59. The third kappa shape index (κ3) is 1.98. The molecule has 0 aliphatic heterocycles. The van der Waals surface area contributed by atoms with E-state index in [-0.39, 0.29) is 30.4 Å². The summed E-state index contributed by atoms with van der Waals surface area (Å²) in [5, 5.41) is 19.5. The second kappa shape index (κ2) is 4.63. The van der Waals surface area contributed by atoms with Crippen LogP contribution in [0.4, 0.5) is 4.39 Å². The number of rotatable bonds is 3. The van der Waals surface area contributed by atoms with Crippen molar-refractivity contribution in [2.24, 2.45) is 0 Å². The normalized spacial score (nSPS) is 29.8. The van der Waals surface area contributed by atoms with Crippen LogP contribution in [-0.4, -0.2) is 35.0 Å². The lowest BCUT2D eigenvalue weighted by atomic mass is 9.88. The first-order valence-electron chi connectivity index (χ1n) is 5.79. The second-order valence-electron chi connectivity index (χ2n) is 4.40. The standard InChI is InChI=1S/C12H14FN3O3/c1-18-8-6-9(19-2)16-10(15-8)12(17)5-3-4-11(12,13)7-14/h6,17H,3-5H2,1-2H3. The first-order valence-corrected chi connectivity index (χ1v) is 5.79. The molecule has 2 atom stereocenters. The molecule has 1 aromatic heterocycles. The Hall–Kier alpha value is -1.94. The van der Waals surface area contributed by atoms with Crippen molar-refractivity contribution < 1.29 is 19.0 Å². The van der Waals surface area contributed by atoms with Gasteiger partial charge in [-0.05, 0) is 19.3 Å². The van der Waals surface area contributed by atoms with Crippen molar-refractivity contribution in [1.82, 2.24) is 9.97 Å². The first-order chi connectivity index (χ1) is 8.99. The quantitative estimate of drug-likeness (QED) is 0.882. The minimum absolute atomic E-state index is 0.0527. The van der Waals surface area contributed by atoms with Crippen molar-refractivity contribution in [2.45, 2.75) is 30.5 Å². The van der Waals surface area contributed by atoms with Gasteiger partial charge in [0.25, 0.3) is 0 Å². The third-order valence-corrected chi connectivity index (χ3v) is 3.36. The second-order valence-corrected chi connectivity index (χ2v) is 4.40. The van der Waals surface area contributed by atoms with E-state index in [2.05, 4.69) is 9.97 Å². The lowest BCUT2D eigenvalue weighted by molar-refractivity contribution is -0.0636. The predicted octanol–water partition coefficient (Wildman–Crippen LogP) is 1.10. The predicted molar refractivity (Wildman–Crippen MR) is 62.3 cm³/mol. The molecular formula is C12H14FN3O3. The molecule has 1 aromatic rings. The fourth-order valence-electron chi connectivity index (χ4n) is 2.23. The van der Waals surface area contributed by atoms with Gasteiger partial charge >= 0.3 is 0 Å². The van der Waals surface area contributed by atoms with E-state index in [0.29, 0.717) is 6.42 Å². The largest absolute Gasteiger partial charge is 0.481 e. The molecule has 19 heavy (non-hydrogen) atoms. The number of aromatic nitrogens is 2. The smallest absolute Gasteiger partial charge is 0.231 e. The van der Waals surface area contributed by atoms with Gasteiger partial charge in [0.05, 0.1) is 20.3 Å². The molecule has 6 nitrogen and oxygen atoms in total. The Bertz CT molecular complexity index is 511. The van der Waals surface area contributed by atoms with Crippen molar-refractivity contribution in [3.05, 3.63) is 11.9 Å². The maximum absolute atomic E-state index is 14.5. The summed E-state index contributed by atoms with van der Waals surface area (Å²) in [5.41, 5.74) is -4.44. The molecule has 102 valence electrons. The van der Waals surface area contributed by atoms with Crippen LogP contribution in [0.15, 0.2) is 6.07 Å². The third-order valence-electron chi connectivity index (χ3n) is 3.36. The molecule has 0 aromatic carbocycles. The molecule has 0 bridgehead atoms. The molecule has 7 heteroatoms. The Morgan fingerprint density at radius 3 is 2.37 bits per heavy atom. The van der Waals surface area contributed by atoms with Gasteiger partial charge in [0, 0.05) is 0 Å². The lowest BCUT2D eigenvalue weighted by Crippen LogP contribution is -2.44. The zero-order valence-corrected chi connectivity index (χ0v) is 10.7. The van der Waals surface area contributed by atoms with Crippen molar-refractivity contribution in [1.29, 1.82) is 5.26 Å². The number of ether oxygens (including phenoxy) is 2. The van der Waals surface area contributed by atoms with Crippen molar-refractivity contribution in [3.8, 4) is 17.8 Å². The highest BCUT2D eigenvalue weighted by Crippen LogP contribution is 2.48. The lowest BCUT2D eigenvalue weighted by Gasteiger charge is -2.29. The van der Waals surface area contributed by atoms with Crippen molar-refractivity contribution in [3.63, 3.8) is 0 Å². The fraction of sp³-hybridized carbons (Fsp3) is 0.583. The molecule has 0 saturated heterocycles. The zero-order valence-electron chi connectivity index (χ0n) is 10.7. The maximum Gasteiger partial charge on any atom is 0.231 e. The van der Waals surface area contributed by atoms with Crippen molar-refractivity contribution in [2.75, 3.05) is 14.2 Å². The zero-order chi connectivity index (χ0) is 14.1. The van der Waals surface area contributed by atoms with E-state index in [4.69, 9.17) is 14.7 Å². The Kier molecular flexibility index (Phi) is 3.28. The van der Waals surface area contributed by atoms with E-state index in [1.54, 1.807) is 0 Å². The molecule has 0 amide bonds. The Labute approximate surface area is 109 Å². The van der Waals surface area contributed by atoms with Gasteiger partial charge in [-0.1, -0.05) is 0 Å². The number of aliphatic hydroxyl groups is 1. The van der Waals surface area contributed by atoms with Gasteiger partial charge in [-0.2, -0.15) is 15.2 Å². The number of alkyl halides is 1. The molecule has 0 radical (unpaired) electrons. The summed E-state index contributed by atoms with van der Waals surface area (Å²) < 4.78 is 24.4. The summed E-state index contributed by atoms with van der Waals surface area (Å²) >= 11 is 0. The molecule has 1 saturated carbocycles. The highest BCUT2D eigenvalue weighted by molar-refractivity contribution is 5.29. The number of hydrogen-bond acceptors (Lipinski definition) is 6. The monoisotopic (exact) mass is 267 g/mol. The van der Waals surface area contributed by atoms with Gasteiger partial charge in [-0.25, -0.2) is 4.39 Å². The topological polar surface area (TPSA) is 88.3 Å². The van der Waals surface area contributed by atoms with E-state index in [9.17, 15) is 9.50 Å². The molecule has 1 N–H and O–H groups in total. The molecular weight excluding hydrogens is 253 g/mol. The average Bonchev–Trinajstić information content (AvgIpc) is 2.76. The molecule has 1 fully saturated rings. The van der Waals surface area contributed by atoms with E-state index in [1.807, 2.05) is 0 Å². The highest BCUT2D eigenvalue weighted by atomic mass is 19.1. The van der Waals surface area contributed by atoms with Crippen LogP contribution in [0.25, 0.3) is 0 Å². The summed E-state index contributed by atoms with van der Waals surface area (Å²) in [6, 6.07) is 2.94. The fourth-order valence-corrected chi connectivity index (χ4v) is 2.23. The summed E-state index contributed by atoms with van der Waals surface area (Å²) in [4.78, 5) is 7.89. The number of methoxy groups -OCH3 is 2. The molecule has 1 heterocycles. The van der Waals surface area contributed by atoms with Crippen molar-refractivity contribution >= 4 is 0 Å². The van der Waals surface area contributed by atoms with Gasteiger partial charge in [-0.15, -0.1) is 0 Å². The van der Waals surface area contributed by atoms with Gasteiger partial charge in [0.2, 0.25) is 17.4 Å². The average molecular weight is 267 g/mol. The van der Waals surface area contributed by atoms with Crippen LogP contribution in [0.3, 0.4) is 0 Å². The Balaban J connectivity index is 2.54. The minimum atomic E-state index is -2.40. The summed E-state index contributed by atoms with van der Waals surface area (Å²) in [5.74, 6) is 0.0928. The molecule has 1 aliphatic rings. The van der Waals surface area contributed by atoms with Gasteiger partial charge in [-0.3, -0.25) is 0 Å².